The van der Waals surface area contributed by atoms with Gasteiger partial charge in [-0.1, -0.05) is 123 Å². The van der Waals surface area contributed by atoms with Crippen LogP contribution in [0.5, 0.6) is 0 Å². The summed E-state index contributed by atoms with van der Waals surface area (Å²) in [5.41, 5.74) is 14.1. The molecule has 0 atom stereocenters. The largest absolute Gasteiger partial charge is 0.455 e. The molecule has 0 saturated carbocycles. The highest BCUT2D eigenvalue weighted by Gasteiger charge is 2.41. The fraction of sp³-hybridized carbons (Fsp3) is 0.0638. The van der Waals surface area contributed by atoms with Gasteiger partial charge in [-0.2, -0.15) is 0 Å². The molecule has 10 aromatic rings. The van der Waals surface area contributed by atoms with Crippen LogP contribution in [0.15, 0.2) is 156 Å². The molecule has 0 radical (unpaired) electrons. The second kappa shape index (κ2) is 10.3. The van der Waals surface area contributed by atoms with Crippen molar-refractivity contribution in [1.82, 2.24) is 14.5 Å². The lowest BCUT2D eigenvalue weighted by molar-refractivity contribution is 0.656. The van der Waals surface area contributed by atoms with Gasteiger partial charge >= 0.3 is 0 Å². The molecule has 0 N–H and O–H groups in total. The number of aromatic nitrogens is 3. The van der Waals surface area contributed by atoms with Crippen LogP contribution in [0.4, 0.5) is 0 Å². The molecule has 0 fully saturated rings. The highest BCUT2D eigenvalue weighted by Crippen LogP contribution is 2.57. The number of nitrogens with zero attached hydrogens (tertiary/aromatic N) is 3. The van der Waals surface area contributed by atoms with Gasteiger partial charge in [0.25, 0.3) is 0 Å². The molecule has 4 nitrogen and oxygen atoms in total. The van der Waals surface area contributed by atoms with E-state index in [-0.39, 0.29) is 5.41 Å². The summed E-state index contributed by atoms with van der Waals surface area (Å²) >= 11 is 0. The van der Waals surface area contributed by atoms with Crippen LogP contribution in [0.25, 0.3) is 94.1 Å². The molecule has 0 unspecified atom stereocenters. The molecule has 51 heavy (non-hydrogen) atoms. The Morgan fingerprint density at radius 1 is 0.569 bits per heavy atom. The molecule has 7 aromatic carbocycles. The monoisotopic (exact) mass is 653 g/mol. The lowest BCUT2D eigenvalue weighted by Crippen LogP contribution is -2.16. The van der Waals surface area contributed by atoms with Crippen molar-refractivity contribution in [3.63, 3.8) is 0 Å². The molecule has 0 amide bonds. The summed E-state index contributed by atoms with van der Waals surface area (Å²) in [5.74, 6) is 0.713. The Kier molecular flexibility index (Phi) is 5.70. The van der Waals surface area contributed by atoms with Gasteiger partial charge in [-0.15, -0.1) is 0 Å². The predicted octanol–water partition coefficient (Wildman–Crippen LogP) is 12.3. The molecular formula is C47H31N3O. The van der Waals surface area contributed by atoms with Crippen LogP contribution < -0.4 is 0 Å². The number of benzene rings is 7. The second-order valence-electron chi connectivity index (χ2n) is 14.1. The van der Waals surface area contributed by atoms with Gasteiger partial charge in [0.2, 0.25) is 0 Å². The third-order valence-electron chi connectivity index (χ3n) is 11.0. The fourth-order valence-electron chi connectivity index (χ4n) is 8.73. The maximum atomic E-state index is 6.83. The number of fused-ring (bicyclic) bond motifs is 13. The van der Waals surface area contributed by atoms with Gasteiger partial charge < -0.3 is 8.98 Å². The Labute approximate surface area is 294 Å². The predicted molar refractivity (Wildman–Crippen MR) is 210 cm³/mol. The van der Waals surface area contributed by atoms with Gasteiger partial charge in [-0.25, -0.2) is 9.97 Å². The van der Waals surface area contributed by atoms with Crippen molar-refractivity contribution in [3.8, 4) is 39.5 Å². The summed E-state index contributed by atoms with van der Waals surface area (Å²) in [6.07, 6.45) is 0. The maximum Gasteiger partial charge on any atom is 0.160 e. The van der Waals surface area contributed by atoms with Crippen LogP contribution >= 0.6 is 0 Å². The summed E-state index contributed by atoms with van der Waals surface area (Å²) in [4.78, 5) is 10.2. The highest BCUT2D eigenvalue weighted by molar-refractivity contribution is 6.31. The molecule has 240 valence electrons. The third-order valence-corrected chi connectivity index (χ3v) is 11.0. The van der Waals surface area contributed by atoms with Crippen LogP contribution in [-0.2, 0) is 5.41 Å². The summed E-state index contributed by atoms with van der Waals surface area (Å²) in [6.45, 7) is 4.72. The standard InChI is InChI=1S/C47H31N3O/c1-47(2)35-20-10-6-16-31(35)41-42(47)44-39(40-34-19-9-13-23-38(34)51-45(40)41)33-18-8-12-22-37(33)50(44)30-26-24-29(25-27-30)46-48-36-21-11-7-17-32(36)43(49-46)28-14-4-3-5-15-28/h3-27H,1-2H3. The van der Waals surface area contributed by atoms with Crippen LogP contribution in [0, 0.1) is 0 Å². The average molecular weight is 654 g/mol. The molecule has 0 bridgehead atoms. The van der Waals surface area contributed by atoms with Crippen molar-refractivity contribution < 1.29 is 4.42 Å². The van der Waals surface area contributed by atoms with E-state index in [0.717, 1.165) is 50.0 Å². The van der Waals surface area contributed by atoms with Crippen LogP contribution in [0.1, 0.15) is 25.0 Å². The van der Waals surface area contributed by atoms with Gasteiger partial charge in [-0.3, -0.25) is 0 Å². The first-order chi connectivity index (χ1) is 25.1. The van der Waals surface area contributed by atoms with E-state index < -0.39 is 0 Å². The highest BCUT2D eigenvalue weighted by atomic mass is 16.3. The topological polar surface area (TPSA) is 43.9 Å². The van der Waals surface area contributed by atoms with Crippen molar-refractivity contribution in [1.29, 1.82) is 0 Å². The Balaban J connectivity index is 1.21. The second-order valence-corrected chi connectivity index (χ2v) is 14.1. The fourth-order valence-corrected chi connectivity index (χ4v) is 8.73. The first-order valence-electron chi connectivity index (χ1n) is 17.5. The lowest BCUT2D eigenvalue weighted by Gasteiger charge is -2.24. The first kappa shape index (κ1) is 28.3. The zero-order valence-corrected chi connectivity index (χ0v) is 28.2. The van der Waals surface area contributed by atoms with E-state index in [9.17, 15) is 0 Å². The van der Waals surface area contributed by atoms with Crippen molar-refractivity contribution in [2.24, 2.45) is 0 Å². The third kappa shape index (κ3) is 3.85. The van der Waals surface area contributed by atoms with E-state index in [1.165, 1.54) is 49.4 Å². The van der Waals surface area contributed by atoms with E-state index in [1.807, 2.05) is 12.1 Å². The number of rotatable bonds is 3. The molecule has 3 aromatic heterocycles. The number of hydrogen-bond donors (Lipinski definition) is 0. The number of para-hydroxylation sites is 3. The molecular weight excluding hydrogens is 623 g/mol. The van der Waals surface area contributed by atoms with Crippen molar-refractivity contribution >= 4 is 54.6 Å². The van der Waals surface area contributed by atoms with Crippen LogP contribution in [-0.4, -0.2) is 14.5 Å². The summed E-state index contributed by atoms with van der Waals surface area (Å²) < 4.78 is 9.30. The van der Waals surface area contributed by atoms with Gasteiger partial charge in [0.15, 0.2) is 5.82 Å². The minimum atomic E-state index is -0.254. The number of furan rings is 1. The van der Waals surface area contributed by atoms with E-state index in [1.54, 1.807) is 0 Å². The van der Waals surface area contributed by atoms with Gasteiger partial charge in [0.05, 0.1) is 22.2 Å². The van der Waals surface area contributed by atoms with E-state index in [4.69, 9.17) is 14.4 Å². The average Bonchev–Trinajstić information content (AvgIpc) is 3.80. The lowest BCUT2D eigenvalue weighted by atomic mass is 9.81. The first-order valence-corrected chi connectivity index (χ1v) is 17.5. The smallest absolute Gasteiger partial charge is 0.160 e. The van der Waals surface area contributed by atoms with Crippen LogP contribution in [0.3, 0.4) is 0 Å². The molecule has 0 aliphatic heterocycles. The van der Waals surface area contributed by atoms with Crippen molar-refractivity contribution in [2.75, 3.05) is 0 Å². The Bertz CT molecular complexity index is 3040. The molecule has 4 heteroatoms. The molecule has 11 rings (SSSR count). The normalized spacial score (nSPS) is 13.5. The summed E-state index contributed by atoms with van der Waals surface area (Å²) in [6, 6.07) is 53.6. The van der Waals surface area contributed by atoms with Crippen LogP contribution in [0.2, 0.25) is 0 Å². The Morgan fingerprint density at radius 3 is 2.10 bits per heavy atom. The zero-order chi connectivity index (χ0) is 33.8. The zero-order valence-electron chi connectivity index (χ0n) is 28.2. The SMILES string of the molecule is CC1(C)c2ccccc2-c2c1c1c(c3ccccc3n1-c1ccc(-c3nc(-c4ccccc4)c4ccccc4n3)cc1)c1c2oc2ccccc21. The van der Waals surface area contributed by atoms with E-state index >= 15 is 0 Å². The Hall–Kier alpha value is -6.52. The molecule has 1 aliphatic rings. The molecule has 0 spiro atoms. The maximum absolute atomic E-state index is 6.83. The molecule has 3 heterocycles. The van der Waals surface area contributed by atoms with E-state index in [2.05, 4.69) is 158 Å². The van der Waals surface area contributed by atoms with Crippen molar-refractivity contribution in [2.45, 2.75) is 19.3 Å². The summed E-state index contributed by atoms with van der Waals surface area (Å²) in [5, 5.41) is 5.82. The van der Waals surface area contributed by atoms with E-state index in [0.29, 0.717) is 5.82 Å². The van der Waals surface area contributed by atoms with Gasteiger partial charge in [-0.05, 0) is 59.2 Å². The quantitative estimate of drug-likeness (QED) is 0.191. The minimum absolute atomic E-state index is 0.254. The molecule has 1 aliphatic carbocycles. The minimum Gasteiger partial charge on any atom is -0.455 e. The Morgan fingerprint density at radius 2 is 1.25 bits per heavy atom. The van der Waals surface area contributed by atoms with Crippen molar-refractivity contribution in [3.05, 3.63) is 163 Å². The van der Waals surface area contributed by atoms with Gasteiger partial charge in [0.1, 0.15) is 11.2 Å². The summed E-state index contributed by atoms with van der Waals surface area (Å²) in [7, 11) is 0. The van der Waals surface area contributed by atoms with Gasteiger partial charge in [0, 0.05) is 54.7 Å². The molecule has 0 saturated heterocycles. The number of hydrogen-bond acceptors (Lipinski definition) is 3.